The van der Waals surface area contributed by atoms with Gasteiger partial charge in [-0.15, -0.1) is 0 Å². The van der Waals surface area contributed by atoms with Crippen LogP contribution in [0.25, 0.3) is 0 Å². The number of hydrogen-bond donors (Lipinski definition) is 1. The highest BCUT2D eigenvalue weighted by atomic mass is 79.9. The van der Waals surface area contributed by atoms with Crippen molar-refractivity contribution >= 4 is 56.6 Å². The molecular formula is C11H7BrCl2N2S. The van der Waals surface area contributed by atoms with Crippen molar-refractivity contribution in [1.82, 2.24) is 4.98 Å². The summed E-state index contributed by atoms with van der Waals surface area (Å²) in [5.74, 6) is 0. The summed E-state index contributed by atoms with van der Waals surface area (Å²) in [6, 6.07) is 7.15. The molecule has 0 saturated heterocycles. The van der Waals surface area contributed by atoms with Gasteiger partial charge in [0.2, 0.25) is 0 Å². The molecule has 0 aliphatic rings. The van der Waals surface area contributed by atoms with Crippen molar-refractivity contribution in [1.29, 1.82) is 0 Å². The van der Waals surface area contributed by atoms with E-state index in [1.54, 1.807) is 18.3 Å². The van der Waals surface area contributed by atoms with E-state index in [2.05, 4.69) is 20.9 Å². The van der Waals surface area contributed by atoms with E-state index in [4.69, 9.17) is 28.9 Å². The van der Waals surface area contributed by atoms with E-state index in [1.165, 1.54) is 11.8 Å². The van der Waals surface area contributed by atoms with Crippen LogP contribution in [-0.4, -0.2) is 4.98 Å². The van der Waals surface area contributed by atoms with Gasteiger partial charge in [0.1, 0.15) is 5.03 Å². The molecule has 1 aromatic carbocycles. The molecule has 0 unspecified atom stereocenters. The molecule has 2 nitrogen and oxygen atoms in total. The average molecular weight is 350 g/mol. The molecule has 1 aromatic heterocycles. The Bertz CT molecular complexity index is 523. The van der Waals surface area contributed by atoms with Gasteiger partial charge in [-0.05, 0) is 40.2 Å². The first-order valence-electron chi connectivity index (χ1n) is 4.60. The van der Waals surface area contributed by atoms with E-state index < -0.39 is 0 Å². The lowest BCUT2D eigenvalue weighted by Crippen LogP contribution is -1.87. The number of halogens is 3. The van der Waals surface area contributed by atoms with Gasteiger partial charge in [-0.3, -0.25) is 0 Å². The fraction of sp³-hybridized carbons (Fsp3) is 0. The molecule has 0 aliphatic carbocycles. The minimum atomic E-state index is 0.532. The Morgan fingerprint density at radius 2 is 1.82 bits per heavy atom. The number of rotatable bonds is 2. The van der Waals surface area contributed by atoms with Gasteiger partial charge in [-0.25, -0.2) is 4.98 Å². The molecule has 0 aliphatic heterocycles. The van der Waals surface area contributed by atoms with Gasteiger partial charge in [0.25, 0.3) is 0 Å². The smallest absolute Gasteiger partial charge is 0.101 e. The van der Waals surface area contributed by atoms with Gasteiger partial charge in [-0.1, -0.05) is 35.0 Å². The molecule has 0 fully saturated rings. The van der Waals surface area contributed by atoms with Crippen LogP contribution in [-0.2, 0) is 0 Å². The summed E-state index contributed by atoms with van der Waals surface area (Å²) in [5.41, 5.74) is 6.19. The quantitative estimate of drug-likeness (QED) is 0.785. The molecule has 2 N–H and O–H groups in total. The van der Waals surface area contributed by atoms with Crippen LogP contribution >= 0.6 is 50.9 Å². The Labute approximate surface area is 122 Å². The summed E-state index contributed by atoms with van der Waals surface area (Å²) in [6.07, 6.45) is 1.72. The molecule has 2 rings (SSSR count). The van der Waals surface area contributed by atoms with Crippen LogP contribution in [0.1, 0.15) is 0 Å². The zero-order valence-electron chi connectivity index (χ0n) is 8.45. The summed E-state index contributed by atoms with van der Waals surface area (Å²) in [6.45, 7) is 0. The Morgan fingerprint density at radius 3 is 2.35 bits per heavy atom. The zero-order chi connectivity index (χ0) is 12.4. The van der Waals surface area contributed by atoms with E-state index in [0.717, 1.165) is 14.4 Å². The van der Waals surface area contributed by atoms with E-state index in [1.807, 2.05) is 12.1 Å². The lowest BCUT2D eigenvalue weighted by atomic mass is 10.3. The number of anilines is 1. The molecule has 1 heterocycles. The molecule has 0 spiro atoms. The van der Waals surface area contributed by atoms with Crippen LogP contribution in [0.4, 0.5) is 5.69 Å². The molecule has 2 aromatic rings. The van der Waals surface area contributed by atoms with Crippen molar-refractivity contribution in [3.8, 4) is 0 Å². The summed E-state index contributed by atoms with van der Waals surface area (Å²) < 4.78 is 0.927. The van der Waals surface area contributed by atoms with Crippen molar-refractivity contribution in [3.63, 3.8) is 0 Å². The normalized spacial score (nSPS) is 10.5. The van der Waals surface area contributed by atoms with Crippen molar-refractivity contribution in [2.75, 3.05) is 5.73 Å². The highest BCUT2D eigenvalue weighted by molar-refractivity contribution is 9.10. The van der Waals surface area contributed by atoms with Gasteiger partial charge < -0.3 is 5.73 Å². The number of benzene rings is 1. The Morgan fingerprint density at radius 1 is 1.18 bits per heavy atom. The molecule has 0 amide bonds. The second-order valence-electron chi connectivity index (χ2n) is 3.23. The van der Waals surface area contributed by atoms with Crippen molar-refractivity contribution in [2.45, 2.75) is 9.92 Å². The van der Waals surface area contributed by atoms with Crippen molar-refractivity contribution in [3.05, 3.63) is 45.0 Å². The molecule has 0 saturated carbocycles. The zero-order valence-corrected chi connectivity index (χ0v) is 12.4. The number of hydrogen-bond acceptors (Lipinski definition) is 3. The fourth-order valence-electron chi connectivity index (χ4n) is 1.20. The molecule has 6 heteroatoms. The van der Waals surface area contributed by atoms with Crippen LogP contribution < -0.4 is 5.73 Å². The predicted molar refractivity (Wildman–Crippen MR) is 76.9 cm³/mol. The van der Waals surface area contributed by atoms with Gasteiger partial charge in [0.05, 0.1) is 14.9 Å². The minimum Gasteiger partial charge on any atom is -0.399 e. The van der Waals surface area contributed by atoms with Gasteiger partial charge >= 0.3 is 0 Å². The third-order valence-electron chi connectivity index (χ3n) is 1.93. The first kappa shape index (κ1) is 13.0. The highest BCUT2D eigenvalue weighted by Gasteiger charge is 2.09. The lowest BCUT2D eigenvalue weighted by Gasteiger charge is -2.07. The maximum Gasteiger partial charge on any atom is 0.101 e. The number of nitrogen functional groups attached to an aromatic ring is 1. The first-order valence-corrected chi connectivity index (χ1v) is 6.97. The van der Waals surface area contributed by atoms with E-state index in [-0.39, 0.29) is 0 Å². The summed E-state index contributed by atoms with van der Waals surface area (Å²) in [7, 11) is 0. The average Bonchev–Trinajstić information content (AvgIpc) is 2.26. The Kier molecular flexibility index (Phi) is 4.20. The van der Waals surface area contributed by atoms with E-state index in [0.29, 0.717) is 15.7 Å². The van der Waals surface area contributed by atoms with Gasteiger partial charge in [-0.2, -0.15) is 0 Å². The van der Waals surface area contributed by atoms with Gasteiger partial charge in [0.15, 0.2) is 0 Å². The molecular weight excluding hydrogens is 343 g/mol. The Hall–Kier alpha value is -0.420. The van der Waals surface area contributed by atoms with Crippen LogP contribution in [0.15, 0.2) is 44.9 Å². The summed E-state index contributed by atoms with van der Waals surface area (Å²) >= 11 is 16.9. The highest BCUT2D eigenvalue weighted by Crippen LogP contribution is 2.39. The maximum absolute atomic E-state index is 6.09. The van der Waals surface area contributed by atoms with E-state index in [9.17, 15) is 0 Å². The first-order chi connectivity index (χ1) is 8.06. The third-order valence-corrected chi connectivity index (χ3v) is 4.31. The molecule has 0 atom stereocenters. The van der Waals surface area contributed by atoms with Crippen molar-refractivity contribution in [2.24, 2.45) is 0 Å². The number of pyridine rings is 1. The maximum atomic E-state index is 6.09. The van der Waals surface area contributed by atoms with Crippen molar-refractivity contribution < 1.29 is 0 Å². The van der Waals surface area contributed by atoms with E-state index >= 15 is 0 Å². The summed E-state index contributed by atoms with van der Waals surface area (Å²) in [4.78, 5) is 5.01. The lowest BCUT2D eigenvalue weighted by molar-refractivity contribution is 1.12. The second kappa shape index (κ2) is 5.48. The molecule has 88 valence electrons. The fourth-order valence-corrected chi connectivity index (χ4v) is 2.94. The largest absolute Gasteiger partial charge is 0.399 e. The number of nitrogens with two attached hydrogens (primary N) is 1. The minimum absolute atomic E-state index is 0.532. The standard InChI is InChI=1S/C11H7BrCl2N2S/c12-6-1-2-10(16-5-6)17-11-8(13)3-7(15)4-9(11)14/h1-5H,15H2. The number of aromatic nitrogens is 1. The molecule has 0 radical (unpaired) electrons. The van der Waals surface area contributed by atoms with Gasteiger partial charge in [0, 0.05) is 16.4 Å². The molecule has 0 bridgehead atoms. The topological polar surface area (TPSA) is 38.9 Å². The van der Waals surface area contributed by atoms with Crippen LogP contribution in [0.5, 0.6) is 0 Å². The second-order valence-corrected chi connectivity index (χ2v) is 5.99. The monoisotopic (exact) mass is 348 g/mol. The molecule has 17 heavy (non-hydrogen) atoms. The third kappa shape index (κ3) is 3.28. The van der Waals surface area contributed by atoms with Crippen LogP contribution in [0, 0.1) is 0 Å². The number of nitrogens with zero attached hydrogens (tertiary/aromatic N) is 1. The summed E-state index contributed by atoms with van der Waals surface area (Å²) in [5, 5.41) is 1.89. The Balaban J connectivity index is 2.33. The predicted octanol–water partition coefficient (Wildman–Crippen LogP) is 4.88. The van der Waals surface area contributed by atoms with Crippen LogP contribution in [0.2, 0.25) is 10.0 Å². The SMILES string of the molecule is Nc1cc(Cl)c(Sc2ccc(Br)cn2)c(Cl)c1. The van der Waals surface area contributed by atoms with Crippen LogP contribution in [0.3, 0.4) is 0 Å².